The maximum absolute atomic E-state index is 5.68. The standard InChI is InChI=1S/C48H26N8.C32H18N8.Ga.2H2O.Ti/c1-2-10-26-18-34-33(17-25(26)9-1)41-49-42(34)54-44-37-21-29-13-5-6-14-30(29)22-38(37)46(51-44)56-48-40-24-32-16-8-7-15-31(32)23-39(40)47(52-48)55-45-36-20-28-12-4-3-11-27(28)19-35(36)43(50-45)53-41;1-2-10-18-17(9-1)25-33-26(18)38-28-21-13-5-6-14-22(21)30(35-28)40-32-24-16-8-7-15-23(24)31(36-32)39-29-20-12-4-3-11-19(20)27(34-29)37-25;;;;/h1-24,33,41H;1-17,25H;;2*1H2;/q2*-2;+2;;;+2/p-1. The van der Waals surface area contributed by atoms with Gasteiger partial charge in [0.15, 0.2) is 5.84 Å². The van der Waals surface area contributed by atoms with Crippen LogP contribution in [0.2, 0.25) is 0 Å². The Morgan fingerprint density at radius 3 is 1.38 bits per heavy atom. The molecule has 467 valence electrons. The number of aromatic nitrogens is 2. The molecule has 3 N–H and O–H groups in total. The maximum atomic E-state index is 5.68. The second-order valence-corrected chi connectivity index (χ2v) is 28.1. The van der Waals surface area contributed by atoms with E-state index in [0.717, 1.165) is 126 Å². The molecule has 10 aromatic carbocycles. The molecule has 0 saturated carbocycles. The van der Waals surface area contributed by atoms with Crippen LogP contribution in [0, 0.1) is 11.8 Å². The third-order valence-corrected chi connectivity index (χ3v) is 23.1. The third kappa shape index (κ3) is 8.96. The van der Waals surface area contributed by atoms with Gasteiger partial charge in [0.25, 0.3) is 0 Å². The van der Waals surface area contributed by atoms with Gasteiger partial charge in [-0.25, -0.2) is 9.98 Å². The first kappa shape index (κ1) is 59.5. The van der Waals surface area contributed by atoms with Gasteiger partial charge in [0, 0.05) is 39.1 Å². The van der Waals surface area contributed by atoms with E-state index in [1.165, 1.54) is 10.4 Å². The normalized spacial score (nSPS) is 19.5. The molecule has 4 atom stereocenters. The summed E-state index contributed by atoms with van der Waals surface area (Å²) in [7, 11) is 0. The molecule has 100 heavy (non-hydrogen) atoms. The Morgan fingerprint density at radius 1 is 0.380 bits per heavy atom. The monoisotopic (exact) mass is 1380 g/mol. The number of benzene rings is 10. The van der Waals surface area contributed by atoms with Crippen LogP contribution in [-0.4, -0.2) is 94.7 Å². The summed E-state index contributed by atoms with van der Waals surface area (Å²) in [6, 6.07) is 71.7. The zero-order valence-electron chi connectivity index (χ0n) is 52.6. The van der Waals surface area contributed by atoms with Crippen LogP contribution in [-0.2, 0) is 21.7 Å². The van der Waals surface area contributed by atoms with E-state index in [-0.39, 0.29) is 50.7 Å². The van der Waals surface area contributed by atoms with E-state index >= 15 is 0 Å². The van der Waals surface area contributed by atoms with Gasteiger partial charge in [-0.3, -0.25) is 4.99 Å². The number of rotatable bonds is 0. The van der Waals surface area contributed by atoms with Crippen LogP contribution < -0.4 is 37.4 Å². The number of fused-ring (bicyclic) bond motifs is 34. The number of allylic oxidation sites excluding steroid dienone is 3. The van der Waals surface area contributed by atoms with E-state index in [4.69, 9.17) is 70.2 Å². The van der Waals surface area contributed by atoms with Gasteiger partial charge in [0.05, 0.1) is 23.7 Å². The smallest absolute Gasteiger partial charge is 0.870 e. The number of hydrogen-bond donors (Lipinski definition) is 0. The van der Waals surface area contributed by atoms with Gasteiger partial charge in [0.1, 0.15) is 0 Å². The minimum atomic E-state index is -1.72. The molecule has 2 aromatic heterocycles. The van der Waals surface area contributed by atoms with Crippen LogP contribution >= 0.6 is 0 Å². The summed E-state index contributed by atoms with van der Waals surface area (Å²) < 4.78 is 4.91. The van der Waals surface area contributed by atoms with Gasteiger partial charge in [-0.2, -0.15) is 0 Å². The van der Waals surface area contributed by atoms with Crippen molar-refractivity contribution in [1.82, 2.24) is 11.9 Å². The molecule has 2 aliphatic carbocycles. The van der Waals surface area contributed by atoms with Crippen molar-refractivity contribution in [2.45, 2.75) is 12.3 Å². The quantitative estimate of drug-likeness (QED) is 0.135. The van der Waals surface area contributed by atoms with E-state index < -0.39 is 24.1 Å². The van der Waals surface area contributed by atoms with Crippen LogP contribution in [0.5, 0.6) is 0 Å². The van der Waals surface area contributed by atoms with Crippen LogP contribution in [0.4, 0.5) is 0 Å². The Morgan fingerprint density at radius 2 is 0.820 bits per heavy atom. The molecule has 11 heterocycles. The largest absolute Gasteiger partial charge is 2.00 e. The maximum Gasteiger partial charge on any atom is 2.00 e. The number of amidine groups is 8. The van der Waals surface area contributed by atoms with Gasteiger partial charge >= 0.3 is 356 Å². The van der Waals surface area contributed by atoms with Crippen molar-refractivity contribution in [3.05, 3.63) is 336 Å². The molecule has 0 spiro atoms. The van der Waals surface area contributed by atoms with E-state index in [2.05, 4.69) is 165 Å². The first-order valence-electron chi connectivity index (χ1n) is 32.4. The molecule has 14 bridgehead atoms. The Kier molecular flexibility index (Phi) is 13.5. The first-order valence-corrected chi connectivity index (χ1v) is 34.5. The molecule has 4 unspecified atom stereocenters. The fraction of sp³-hybridized carbons (Fsp3) is 0.0500. The molecule has 20 heteroatoms. The molecular formula is C80H47GaN16O2Ti-. The Balaban J connectivity index is 0.000000143. The zero-order chi connectivity index (χ0) is 63.1. The third-order valence-electron chi connectivity index (χ3n) is 19.9. The van der Waals surface area contributed by atoms with E-state index in [9.17, 15) is 0 Å². The van der Waals surface area contributed by atoms with Crippen LogP contribution in [0.1, 0.15) is 44.5 Å². The van der Waals surface area contributed by atoms with Gasteiger partial charge < -0.3 is 36.2 Å². The summed E-state index contributed by atoms with van der Waals surface area (Å²) in [6.45, 7) is 0. The predicted molar refractivity (Wildman–Crippen MR) is 388 cm³/mol. The molecule has 23 rings (SSSR count). The molecule has 12 aromatic rings. The molecule has 0 amide bonds. The van der Waals surface area contributed by atoms with Crippen molar-refractivity contribution < 1.29 is 32.7 Å². The number of nitrogens with zero attached hydrogens (tertiary/aromatic N) is 16. The van der Waals surface area contributed by atoms with Crippen molar-refractivity contribution in [1.29, 1.82) is 0 Å². The van der Waals surface area contributed by atoms with E-state index in [0.29, 0.717) is 63.5 Å². The Bertz CT molecular complexity index is 6590. The summed E-state index contributed by atoms with van der Waals surface area (Å²) in [5.74, 6) is 6.53. The second kappa shape index (κ2) is 22.6. The summed E-state index contributed by atoms with van der Waals surface area (Å²) in [6.07, 6.45) is 12.3. The topological polar surface area (TPSA) is 246 Å². The molecule has 1 radical (unpaired) electrons. The van der Waals surface area contributed by atoms with Gasteiger partial charge in [-0.1, -0.05) is 103 Å². The van der Waals surface area contributed by atoms with Crippen LogP contribution in [0.25, 0.3) is 71.3 Å². The number of hydrogen-bond acceptors (Lipinski definition) is 14. The molecule has 11 aliphatic rings. The Hall–Kier alpha value is -11.8. The SMILES string of the molecule is C1=CC2=C3N=C4N=C(N=c5[n-]c(c6ccccc56)=NC5=NC(=NC([N-]3)C2C=C1)c1ccccc15)c1ccccc14.C1=c2ccccc2=CC2C1=C1N=C3N=C(N=c4c5cc6ccccc6cc5c5[n]4[Ga][N]1C2N=C1N=C(N=5)c2cc4ccccc4cc21)c1cc2ccccc2cc13.O.[OH-].[Ti+2]. The van der Waals surface area contributed by atoms with Crippen molar-refractivity contribution >= 4 is 131 Å². The zero-order valence-corrected chi connectivity index (χ0v) is 56.6. The average Bonchev–Trinajstić information content (AvgIpc) is 1.55. The minimum Gasteiger partial charge on any atom is -0.870 e. The second-order valence-electron chi connectivity index (χ2n) is 25.4. The van der Waals surface area contributed by atoms with Gasteiger partial charge in [-0.05, 0) is 16.3 Å². The van der Waals surface area contributed by atoms with Crippen molar-refractivity contribution in [2.24, 2.45) is 71.7 Å². The summed E-state index contributed by atoms with van der Waals surface area (Å²) >= 11 is -1.72. The molecule has 18 nitrogen and oxygen atoms in total. The van der Waals surface area contributed by atoms with Crippen LogP contribution in [0.3, 0.4) is 0 Å². The van der Waals surface area contributed by atoms with Gasteiger partial charge in [0.2, 0.25) is 0 Å². The number of aliphatic imine (C=N–C) groups is 8. The summed E-state index contributed by atoms with van der Waals surface area (Å²) in [4.78, 5) is 67.7. The van der Waals surface area contributed by atoms with E-state index in [1.807, 2.05) is 84.9 Å². The minimum absolute atomic E-state index is 0. The molecular weight excluding hydrogens is 1330 g/mol. The Labute approximate surface area is 590 Å². The van der Waals surface area contributed by atoms with Crippen molar-refractivity contribution in [2.75, 3.05) is 0 Å². The predicted octanol–water partition coefficient (Wildman–Crippen LogP) is 9.03. The molecule has 9 aliphatic heterocycles. The summed E-state index contributed by atoms with van der Waals surface area (Å²) in [5.41, 5.74) is 12.7. The van der Waals surface area contributed by atoms with Crippen molar-refractivity contribution in [3.8, 4) is 0 Å². The fourth-order valence-corrected chi connectivity index (χ4v) is 18.6. The fourth-order valence-electron chi connectivity index (χ4n) is 15.3. The van der Waals surface area contributed by atoms with E-state index in [1.54, 1.807) is 0 Å². The van der Waals surface area contributed by atoms with Crippen LogP contribution in [0.15, 0.2) is 313 Å². The molecule has 0 saturated heterocycles. The van der Waals surface area contributed by atoms with Crippen molar-refractivity contribution in [3.63, 3.8) is 0 Å². The van der Waals surface area contributed by atoms with Gasteiger partial charge in [-0.15, -0.1) is 0 Å². The average molecular weight is 1380 g/mol. The first-order chi connectivity index (χ1) is 48.0. The summed E-state index contributed by atoms with van der Waals surface area (Å²) in [5, 5.41) is 18.2. The molecule has 0 fully saturated rings.